The number of piperidine rings is 1. The summed E-state index contributed by atoms with van der Waals surface area (Å²) in [5, 5.41) is 0. The number of rotatable bonds is 0. The molecule has 1 aromatic rings. The summed E-state index contributed by atoms with van der Waals surface area (Å²) in [6.45, 7) is 2.45. The quantitative estimate of drug-likeness (QED) is 0.672. The average molecular weight is 241 g/mol. The van der Waals surface area contributed by atoms with E-state index in [-0.39, 0.29) is 0 Å². The molecule has 0 amide bonds. The highest BCUT2D eigenvalue weighted by molar-refractivity contribution is 5.36. The van der Waals surface area contributed by atoms with Gasteiger partial charge in [0.15, 0.2) is 0 Å². The van der Waals surface area contributed by atoms with Crippen molar-refractivity contribution in [3.05, 3.63) is 35.4 Å². The standard InChI is InChI=1S/C17H23N/c1-11-12-7-8-15-14-6-4-3-5-13(14)10-17(18(11)2)16(15)9-12/h3-6,11-12,15-17H,7-10H2,1-2H3. The highest BCUT2D eigenvalue weighted by Gasteiger charge is 2.48. The Hall–Kier alpha value is -0.820. The van der Waals surface area contributed by atoms with Crippen LogP contribution in [0.3, 0.4) is 0 Å². The lowest BCUT2D eigenvalue weighted by Gasteiger charge is -2.56. The van der Waals surface area contributed by atoms with Gasteiger partial charge in [-0.2, -0.15) is 0 Å². The normalized spacial score (nSPS) is 42.4. The van der Waals surface area contributed by atoms with E-state index in [4.69, 9.17) is 0 Å². The smallest absolute Gasteiger partial charge is 0.0170 e. The number of hydrogen-bond donors (Lipinski definition) is 0. The van der Waals surface area contributed by atoms with Gasteiger partial charge in [0.25, 0.3) is 0 Å². The molecule has 5 unspecified atom stereocenters. The van der Waals surface area contributed by atoms with E-state index in [0.717, 1.165) is 29.8 Å². The molecule has 2 aliphatic carbocycles. The molecule has 1 nitrogen and oxygen atoms in total. The molecule has 5 atom stereocenters. The Morgan fingerprint density at radius 3 is 2.89 bits per heavy atom. The molecule has 3 aliphatic rings. The molecule has 1 aromatic carbocycles. The molecule has 1 saturated carbocycles. The van der Waals surface area contributed by atoms with Crippen molar-refractivity contribution < 1.29 is 0 Å². The third-order valence-electron chi connectivity index (χ3n) is 6.17. The van der Waals surface area contributed by atoms with Crippen molar-refractivity contribution in [1.82, 2.24) is 4.90 Å². The minimum atomic E-state index is 0.789. The van der Waals surface area contributed by atoms with Crippen LogP contribution in [-0.2, 0) is 6.42 Å². The zero-order valence-electron chi connectivity index (χ0n) is 11.5. The highest BCUT2D eigenvalue weighted by Crippen LogP contribution is 2.52. The molecule has 1 saturated heterocycles. The summed E-state index contributed by atoms with van der Waals surface area (Å²) >= 11 is 0. The summed E-state index contributed by atoms with van der Waals surface area (Å²) in [6, 6.07) is 10.8. The van der Waals surface area contributed by atoms with Crippen LogP contribution in [0.25, 0.3) is 0 Å². The number of likely N-dealkylation sites (tertiary alicyclic amines) is 1. The molecule has 1 heterocycles. The molecule has 1 aliphatic heterocycles. The number of nitrogens with zero attached hydrogens (tertiary/aromatic N) is 1. The minimum absolute atomic E-state index is 0.789. The molecule has 0 spiro atoms. The van der Waals surface area contributed by atoms with Gasteiger partial charge in [-0.05, 0) is 68.5 Å². The summed E-state index contributed by atoms with van der Waals surface area (Å²) < 4.78 is 0. The molecule has 96 valence electrons. The molecule has 0 N–H and O–H groups in total. The van der Waals surface area contributed by atoms with Gasteiger partial charge in [-0.3, -0.25) is 4.90 Å². The average Bonchev–Trinajstić information content (AvgIpc) is 2.43. The Bertz CT molecular complexity index is 466. The summed E-state index contributed by atoms with van der Waals surface area (Å²) in [5.74, 6) is 2.74. The van der Waals surface area contributed by atoms with Crippen LogP contribution in [0.2, 0.25) is 0 Å². The largest absolute Gasteiger partial charge is 0.300 e. The number of fused-ring (bicyclic) bond motifs is 3. The number of likely N-dealkylation sites (N-methyl/N-ethyl adjacent to an activating group) is 1. The summed E-state index contributed by atoms with van der Waals surface area (Å²) in [4.78, 5) is 2.70. The summed E-state index contributed by atoms with van der Waals surface area (Å²) in [5.41, 5.74) is 3.31. The second-order valence-electron chi connectivity index (χ2n) is 6.72. The molecule has 2 fully saturated rings. The second-order valence-corrected chi connectivity index (χ2v) is 6.72. The van der Waals surface area contributed by atoms with E-state index in [2.05, 4.69) is 43.1 Å². The van der Waals surface area contributed by atoms with Gasteiger partial charge in [-0.25, -0.2) is 0 Å². The first-order valence-corrected chi connectivity index (χ1v) is 7.55. The molecule has 1 heteroatoms. The minimum Gasteiger partial charge on any atom is -0.300 e. The van der Waals surface area contributed by atoms with Gasteiger partial charge in [0.05, 0.1) is 0 Å². The second kappa shape index (κ2) is 3.84. The fourth-order valence-electron chi connectivity index (χ4n) is 5.03. The monoisotopic (exact) mass is 241 g/mol. The van der Waals surface area contributed by atoms with Crippen LogP contribution in [0.1, 0.15) is 43.2 Å². The van der Waals surface area contributed by atoms with Crippen molar-refractivity contribution in [2.24, 2.45) is 11.8 Å². The van der Waals surface area contributed by atoms with E-state index in [1.807, 2.05) is 0 Å². The predicted molar refractivity (Wildman–Crippen MR) is 74.7 cm³/mol. The molecular weight excluding hydrogens is 218 g/mol. The highest BCUT2D eigenvalue weighted by atomic mass is 15.2. The molecule has 0 aromatic heterocycles. The van der Waals surface area contributed by atoms with E-state index >= 15 is 0 Å². The van der Waals surface area contributed by atoms with Gasteiger partial charge in [0.1, 0.15) is 0 Å². The Labute approximate surface area is 110 Å². The lowest BCUT2D eigenvalue weighted by atomic mass is 9.59. The van der Waals surface area contributed by atoms with E-state index < -0.39 is 0 Å². The summed E-state index contributed by atoms with van der Waals surface area (Å²) in [6.07, 6.45) is 5.63. The third kappa shape index (κ3) is 1.37. The van der Waals surface area contributed by atoms with Crippen molar-refractivity contribution in [3.63, 3.8) is 0 Å². The van der Waals surface area contributed by atoms with Crippen molar-refractivity contribution in [3.8, 4) is 0 Å². The molecule has 18 heavy (non-hydrogen) atoms. The van der Waals surface area contributed by atoms with Gasteiger partial charge < -0.3 is 0 Å². The Kier molecular flexibility index (Phi) is 2.35. The zero-order chi connectivity index (χ0) is 12.3. The fourth-order valence-corrected chi connectivity index (χ4v) is 5.03. The van der Waals surface area contributed by atoms with Gasteiger partial charge in [0, 0.05) is 12.1 Å². The van der Waals surface area contributed by atoms with Gasteiger partial charge in [0.2, 0.25) is 0 Å². The van der Waals surface area contributed by atoms with Crippen molar-refractivity contribution in [1.29, 1.82) is 0 Å². The third-order valence-corrected chi connectivity index (χ3v) is 6.17. The maximum Gasteiger partial charge on any atom is 0.0170 e. The number of benzene rings is 1. The first kappa shape index (κ1) is 11.0. The lowest BCUT2D eigenvalue weighted by Crippen LogP contribution is -2.57. The summed E-state index contributed by atoms with van der Waals surface area (Å²) in [7, 11) is 2.37. The Balaban J connectivity index is 1.80. The van der Waals surface area contributed by atoms with E-state index in [1.165, 1.54) is 25.7 Å². The van der Waals surface area contributed by atoms with E-state index in [1.54, 1.807) is 11.1 Å². The number of hydrogen-bond acceptors (Lipinski definition) is 1. The van der Waals surface area contributed by atoms with Crippen LogP contribution in [0.5, 0.6) is 0 Å². The lowest BCUT2D eigenvalue weighted by molar-refractivity contribution is -0.0191. The van der Waals surface area contributed by atoms with Gasteiger partial charge >= 0.3 is 0 Å². The predicted octanol–water partition coefficient (Wildman–Crippen LogP) is 3.45. The van der Waals surface area contributed by atoms with Crippen LogP contribution in [0, 0.1) is 11.8 Å². The topological polar surface area (TPSA) is 3.24 Å². The van der Waals surface area contributed by atoms with Crippen LogP contribution >= 0.6 is 0 Å². The fraction of sp³-hybridized carbons (Fsp3) is 0.647. The molecular formula is C17H23N. The van der Waals surface area contributed by atoms with Crippen LogP contribution < -0.4 is 0 Å². The van der Waals surface area contributed by atoms with Crippen molar-refractivity contribution >= 4 is 0 Å². The SMILES string of the molecule is CC1C2CCC3c4ccccc4CC(C3C2)N1C. The first-order valence-electron chi connectivity index (χ1n) is 7.55. The van der Waals surface area contributed by atoms with E-state index in [9.17, 15) is 0 Å². The van der Waals surface area contributed by atoms with E-state index in [0.29, 0.717) is 0 Å². The van der Waals surface area contributed by atoms with Gasteiger partial charge in [-0.15, -0.1) is 0 Å². The van der Waals surface area contributed by atoms with Crippen molar-refractivity contribution in [2.45, 2.75) is 50.6 Å². The maximum absolute atomic E-state index is 2.70. The van der Waals surface area contributed by atoms with Gasteiger partial charge in [-0.1, -0.05) is 24.3 Å². The zero-order valence-corrected chi connectivity index (χ0v) is 11.5. The maximum atomic E-state index is 2.70. The molecule has 2 bridgehead atoms. The van der Waals surface area contributed by atoms with Crippen LogP contribution in [-0.4, -0.2) is 24.0 Å². The first-order chi connectivity index (χ1) is 8.75. The molecule has 0 radical (unpaired) electrons. The van der Waals surface area contributed by atoms with Crippen LogP contribution in [0.4, 0.5) is 0 Å². The van der Waals surface area contributed by atoms with Crippen molar-refractivity contribution in [2.75, 3.05) is 7.05 Å². The Morgan fingerprint density at radius 1 is 1.17 bits per heavy atom. The molecule has 4 rings (SSSR count). The van der Waals surface area contributed by atoms with Crippen LogP contribution in [0.15, 0.2) is 24.3 Å². The Morgan fingerprint density at radius 2 is 2.00 bits per heavy atom.